The average Bonchev–Trinajstić information content (AvgIpc) is 2.08. The Morgan fingerprint density at radius 2 is 2.22 bits per heavy atom. The molecule has 1 atom stereocenters. The van der Waals surface area contributed by atoms with Gasteiger partial charge in [-0.05, 0) is 26.8 Å². The minimum Gasteiger partial charge on any atom is -0.380 e. The fourth-order valence-electron chi connectivity index (χ4n) is 1.41. The van der Waals surface area contributed by atoms with Crippen molar-refractivity contribution in [2.75, 3.05) is 13.7 Å². The normalized spacial score (nSPS) is 33.0. The van der Waals surface area contributed by atoms with E-state index in [1.54, 1.807) is 7.11 Å². The summed E-state index contributed by atoms with van der Waals surface area (Å²) in [5.74, 6) is 0. The molecule has 1 fully saturated rings. The van der Waals surface area contributed by atoms with E-state index in [2.05, 4.69) is 19.2 Å². The molecular formula is C7H15NO. The third kappa shape index (κ3) is 1.25. The summed E-state index contributed by atoms with van der Waals surface area (Å²) in [6, 6.07) is 0. The molecule has 2 heteroatoms. The van der Waals surface area contributed by atoms with Crippen molar-refractivity contribution >= 4 is 0 Å². The Hall–Kier alpha value is -0.0800. The zero-order valence-electron chi connectivity index (χ0n) is 6.40. The Bertz CT molecular complexity index is 101. The minimum atomic E-state index is 0.189. The predicted octanol–water partition coefficient (Wildman–Crippen LogP) is 0.773. The Labute approximate surface area is 56.6 Å². The lowest BCUT2D eigenvalue weighted by Crippen LogP contribution is -2.42. The third-order valence-corrected chi connectivity index (χ3v) is 2.08. The summed E-state index contributed by atoms with van der Waals surface area (Å²) in [7, 11) is 1.78. The molecule has 0 saturated carbocycles. The van der Waals surface area contributed by atoms with Crippen LogP contribution in [0.25, 0.3) is 0 Å². The number of hydrogen-bond donors (Lipinski definition) is 1. The Morgan fingerprint density at radius 3 is 2.44 bits per heavy atom. The highest BCUT2D eigenvalue weighted by molar-refractivity contribution is 4.93. The molecule has 1 aliphatic heterocycles. The number of methoxy groups -OCH3 is 1. The number of hydrogen-bond acceptors (Lipinski definition) is 2. The van der Waals surface area contributed by atoms with E-state index in [1.807, 2.05) is 0 Å². The summed E-state index contributed by atoms with van der Waals surface area (Å²) in [6.07, 6.45) is 1.54. The summed E-state index contributed by atoms with van der Waals surface area (Å²) >= 11 is 0. The molecule has 0 amide bonds. The van der Waals surface area contributed by atoms with Crippen LogP contribution in [0.2, 0.25) is 0 Å². The van der Waals surface area contributed by atoms with E-state index >= 15 is 0 Å². The van der Waals surface area contributed by atoms with Crippen LogP contribution in [0.15, 0.2) is 0 Å². The first-order valence-electron chi connectivity index (χ1n) is 3.44. The zero-order chi connectivity index (χ0) is 6.91. The van der Waals surface area contributed by atoms with Crippen molar-refractivity contribution in [1.29, 1.82) is 0 Å². The van der Waals surface area contributed by atoms with Gasteiger partial charge >= 0.3 is 0 Å². The van der Waals surface area contributed by atoms with Gasteiger partial charge in [-0.1, -0.05) is 0 Å². The maximum atomic E-state index is 5.26. The van der Waals surface area contributed by atoms with Crippen LogP contribution in [-0.2, 0) is 4.74 Å². The molecule has 0 radical (unpaired) electrons. The van der Waals surface area contributed by atoms with Crippen molar-refractivity contribution in [2.24, 2.45) is 0 Å². The van der Waals surface area contributed by atoms with Gasteiger partial charge in [-0.2, -0.15) is 0 Å². The number of nitrogens with one attached hydrogen (secondary N) is 1. The van der Waals surface area contributed by atoms with Crippen LogP contribution in [0.3, 0.4) is 0 Å². The average molecular weight is 129 g/mol. The van der Waals surface area contributed by atoms with Crippen LogP contribution in [0.4, 0.5) is 0 Å². The molecule has 54 valence electrons. The van der Waals surface area contributed by atoms with Gasteiger partial charge in [-0.25, -0.2) is 0 Å². The van der Waals surface area contributed by atoms with Gasteiger partial charge in [-0.15, -0.1) is 0 Å². The molecule has 9 heavy (non-hydrogen) atoms. The molecule has 1 saturated heterocycles. The fourth-order valence-corrected chi connectivity index (χ4v) is 1.41. The van der Waals surface area contributed by atoms with E-state index in [4.69, 9.17) is 4.74 Å². The Kier molecular flexibility index (Phi) is 1.78. The van der Waals surface area contributed by atoms with E-state index in [0.29, 0.717) is 6.10 Å². The van der Waals surface area contributed by atoms with Crippen LogP contribution in [-0.4, -0.2) is 25.3 Å². The van der Waals surface area contributed by atoms with Crippen molar-refractivity contribution in [3.05, 3.63) is 0 Å². The van der Waals surface area contributed by atoms with Crippen molar-refractivity contribution in [3.8, 4) is 0 Å². The SMILES string of the molecule is CO[C@H]1CCNC1(C)C. The van der Waals surface area contributed by atoms with Crippen molar-refractivity contribution in [1.82, 2.24) is 5.32 Å². The van der Waals surface area contributed by atoms with Crippen molar-refractivity contribution in [3.63, 3.8) is 0 Å². The molecule has 1 aliphatic rings. The second-order valence-corrected chi connectivity index (χ2v) is 3.16. The van der Waals surface area contributed by atoms with Crippen LogP contribution in [0, 0.1) is 0 Å². The Balaban J connectivity index is 2.52. The molecule has 1 heterocycles. The second kappa shape index (κ2) is 2.27. The van der Waals surface area contributed by atoms with Crippen molar-refractivity contribution < 1.29 is 4.74 Å². The lowest BCUT2D eigenvalue weighted by Gasteiger charge is -2.25. The molecule has 0 unspecified atom stereocenters. The lowest BCUT2D eigenvalue weighted by molar-refractivity contribution is 0.0617. The van der Waals surface area contributed by atoms with E-state index < -0.39 is 0 Å². The molecule has 0 aliphatic carbocycles. The van der Waals surface area contributed by atoms with E-state index in [9.17, 15) is 0 Å². The summed E-state index contributed by atoms with van der Waals surface area (Å²) in [4.78, 5) is 0. The zero-order valence-corrected chi connectivity index (χ0v) is 6.40. The summed E-state index contributed by atoms with van der Waals surface area (Å²) < 4.78 is 5.26. The largest absolute Gasteiger partial charge is 0.380 e. The standard InChI is InChI=1S/C7H15NO/c1-7(2)6(9-3)4-5-8-7/h6,8H,4-5H2,1-3H3/t6-/m0/s1. The van der Waals surface area contributed by atoms with Gasteiger partial charge < -0.3 is 10.1 Å². The summed E-state index contributed by atoms with van der Waals surface area (Å²) in [5.41, 5.74) is 0.189. The van der Waals surface area contributed by atoms with Crippen LogP contribution in [0.1, 0.15) is 20.3 Å². The highest BCUT2D eigenvalue weighted by Crippen LogP contribution is 2.20. The topological polar surface area (TPSA) is 21.3 Å². The molecule has 2 nitrogen and oxygen atoms in total. The fraction of sp³-hybridized carbons (Fsp3) is 1.00. The smallest absolute Gasteiger partial charge is 0.0759 e. The second-order valence-electron chi connectivity index (χ2n) is 3.16. The molecule has 0 spiro atoms. The monoisotopic (exact) mass is 129 g/mol. The van der Waals surface area contributed by atoms with Gasteiger partial charge in [0.15, 0.2) is 0 Å². The van der Waals surface area contributed by atoms with E-state index in [-0.39, 0.29) is 5.54 Å². The quantitative estimate of drug-likeness (QED) is 0.564. The molecular weight excluding hydrogens is 114 g/mol. The molecule has 0 aromatic heterocycles. The molecule has 1 rings (SSSR count). The van der Waals surface area contributed by atoms with Gasteiger partial charge in [0.2, 0.25) is 0 Å². The first-order chi connectivity index (χ1) is 4.17. The Morgan fingerprint density at radius 1 is 1.56 bits per heavy atom. The van der Waals surface area contributed by atoms with Gasteiger partial charge in [0, 0.05) is 12.6 Å². The van der Waals surface area contributed by atoms with Crippen LogP contribution in [0.5, 0.6) is 0 Å². The highest BCUT2D eigenvalue weighted by Gasteiger charge is 2.33. The van der Waals surface area contributed by atoms with Gasteiger partial charge in [-0.3, -0.25) is 0 Å². The first-order valence-corrected chi connectivity index (χ1v) is 3.44. The third-order valence-electron chi connectivity index (χ3n) is 2.08. The summed E-state index contributed by atoms with van der Waals surface area (Å²) in [6.45, 7) is 5.44. The van der Waals surface area contributed by atoms with Crippen LogP contribution < -0.4 is 5.32 Å². The maximum absolute atomic E-state index is 5.26. The minimum absolute atomic E-state index is 0.189. The number of rotatable bonds is 1. The molecule has 0 aromatic rings. The van der Waals surface area contributed by atoms with E-state index in [1.165, 1.54) is 0 Å². The first kappa shape index (κ1) is 7.03. The maximum Gasteiger partial charge on any atom is 0.0759 e. The van der Waals surface area contributed by atoms with E-state index in [0.717, 1.165) is 13.0 Å². The molecule has 0 bridgehead atoms. The van der Waals surface area contributed by atoms with Crippen molar-refractivity contribution in [2.45, 2.75) is 31.9 Å². The highest BCUT2D eigenvalue weighted by atomic mass is 16.5. The molecule has 1 N–H and O–H groups in total. The molecule has 0 aromatic carbocycles. The lowest BCUT2D eigenvalue weighted by atomic mass is 10.0. The van der Waals surface area contributed by atoms with Gasteiger partial charge in [0.25, 0.3) is 0 Å². The van der Waals surface area contributed by atoms with Crippen LogP contribution >= 0.6 is 0 Å². The predicted molar refractivity (Wildman–Crippen MR) is 37.5 cm³/mol. The summed E-state index contributed by atoms with van der Waals surface area (Å²) in [5, 5.41) is 3.37. The van der Waals surface area contributed by atoms with Gasteiger partial charge in [0.05, 0.1) is 6.10 Å². The number of ether oxygens (including phenoxy) is 1. The van der Waals surface area contributed by atoms with Gasteiger partial charge in [0.1, 0.15) is 0 Å².